The van der Waals surface area contributed by atoms with Crippen LogP contribution in [0, 0.1) is 6.92 Å². The summed E-state index contributed by atoms with van der Waals surface area (Å²) >= 11 is 6.11. The first kappa shape index (κ1) is 14.2. The van der Waals surface area contributed by atoms with E-state index in [0.717, 1.165) is 5.56 Å². The van der Waals surface area contributed by atoms with E-state index < -0.39 is 0 Å². The highest BCUT2D eigenvalue weighted by Gasteiger charge is 2.30. The molecule has 2 amide bonds. The summed E-state index contributed by atoms with van der Waals surface area (Å²) in [6.07, 6.45) is 0. The Morgan fingerprint density at radius 3 is 2.84 bits per heavy atom. The summed E-state index contributed by atoms with van der Waals surface area (Å²) in [5.41, 5.74) is 1.33. The van der Waals surface area contributed by atoms with E-state index in [1.54, 1.807) is 11.0 Å². The standard InChI is InChI=1S/C14H19ClN2O2/c1-10-5-4-6-11(15)12(10)16-13(18)17-7-8-19-14(2,3)9-17/h4-6H,7-9H2,1-3H3,(H,16,18). The van der Waals surface area contributed by atoms with Gasteiger partial charge in [-0.05, 0) is 32.4 Å². The number of hydrogen-bond acceptors (Lipinski definition) is 2. The summed E-state index contributed by atoms with van der Waals surface area (Å²) in [7, 11) is 0. The molecular formula is C14H19ClN2O2. The lowest BCUT2D eigenvalue weighted by atomic mass is 10.1. The molecule has 4 nitrogen and oxygen atoms in total. The zero-order chi connectivity index (χ0) is 14.0. The molecule has 1 heterocycles. The maximum absolute atomic E-state index is 12.3. The van der Waals surface area contributed by atoms with Gasteiger partial charge in [-0.3, -0.25) is 0 Å². The van der Waals surface area contributed by atoms with Crippen molar-refractivity contribution in [1.29, 1.82) is 0 Å². The van der Waals surface area contributed by atoms with E-state index in [9.17, 15) is 4.79 Å². The van der Waals surface area contributed by atoms with Crippen LogP contribution in [-0.4, -0.2) is 36.2 Å². The van der Waals surface area contributed by atoms with Crippen LogP contribution in [0.15, 0.2) is 18.2 Å². The number of nitrogens with one attached hydrogen (secondary N) is 1. The van der Waals surface area contributed by atoms with Gasteiger partial charge in [0, 0.05) is 6.54 Å². The van der Waals surface area contributed by atoms with Gasteiger partial charge >= 0.3 is 6.03 Å². The van der Waals surface area contributed by atoms with Gasteiger partial charge in [-0.25, -0.2) is 4.79 Å². The normalized spacial score (nSPS) is 18.2. The maximum Gasteiger partial charge on any atom is 0.322 e. The highest BCUT2D eigenvalue weighted by atomic mass is 35.5. The lowest BCUT2D eigenvalue weighted by Crippen LogP contribution is -2.51. The number of aryl methyl sites for hydroxylation is 1. The van der Waals surface area contributed by atoms with E-state index in [0.29, 0.717) is 30.4 Å². The number of urea groups is 1. The average molecular weight is 283 g/mol. The largest absolute Gasteiger partial charge is 0.372 e. The van der Waals surface area contributed by atoms with Crippen molar-refractivity contribution in [3.8, 4) is 0 Å². The Morgan fingerprint density at radius 2 is 2.21 bits per heavy atom. The fourth-order valence-electron chi connectivity index (χ4n) is 2.17. The van der Waals surface area contributed by atoms with Crippen LogP contribution in [0.5, 0.6) is 0 Å². The minimum absolute atomic E-state index is 0.132. The number of para-hydroxylation sites is 1. The Hall–Kier alpha value is -1.26. The molecular weight excluding hydrogens is 264 g/mol. The number of benzene rings is 1. The number of halogens is 1. The second-order valence-corrected chi connectivity index (χ2v) is 5.80. The molecule has 1 aromatic rings. The first-order chi connectivity index (χ1) is 8.89. The number of carbonyl (C=O) groups excluding carboxylic acids is 1. The summed E-state index contributed by atoms with van der Waals surface area (Å²) in [4.78, 5) is 14.0. The molecule has 1 aromatic carbocycles. The average Bonchev–Trinajstić information content (AvgIpc) is 2.32. The van der Waals surface area contributed by atoms with Crippen molar-refractivity contribution in [1.82, 2.24) is 4.90 Å². The third-order valence-electron chi connectivity index (χ3n) is 3.17. The van der Waals surface area contributed by atoms with Crippen LogP contribution in [0.4, 0.5) is 10.5 Å². The Balaban J connectivity index is 2.09. The SMILES string of the molecule is Cc1cccc(Cl)c1NC(=O)N1CCOC(C)(C)C1. The van der Waals surface area contributed by atoms with Gasteiger partial charge in [0.05, 0.1) is 29.5 Å². The molecule has 1 aliphatic rings. The van der Waals surface area contributed by atoms with Gasteiger partial charge in [0.25, 0.3) is 0 Å². The molecule has 5 heteroatoms. The highest BCUT2D eigenvalue weighted by molar-refractivity contribution is 6.33. The summed E-state index contributed by atoms with van der Waals surface area (Å²) in [5.74, 6) is 0. The summed E-state index contributed by atoms with van der Waals surface area (Å²) in [6.45, 7) is 7.61. The maximum atomic E-state index is 12.3. The van der Waals surface area contributed by atoms with Gasteiger partial charge in [0.1, 0.15) is 0 Å². The monoisotopic (exact) mass is 282 g/mol. The predicted molar refractivity (Wildman–Crippen MR) is 76.8 cm³/mol. The molecule has 0 unspecified atom stereocenters. The van der Waals surface area contributed by atoms with Crippen LogP contribution in [0.1, 0.15) is 19.4 Å². The van der Waals surface area contributed by atoms with Crippen LogP contribution < -0.4 is 5.32 Å². The smallest absolute Gasteiger partial charge is 0.322 e. The first-order valence-electron chi connectivity index (χ1n) is 6.34. The van der Waals surface area contributed by atoms with Gasteiger partial charge in [-0.2, -0.15) is 0 Å². The highest BCUT2D eigenvalue weighted by Crippen LogP contribution is 2.26. The van der Waals surface area contributed by atoms with E-state index in [1.807, 2.05) is 32.9 Å². The summed E-state index contributed by atoms with van der Waals surface area (Å²) in [5, 5.41) is 3.44. The van der Waals surface area contributed by atoms with Gasteiger partial charge < -0.3 is 15.0 Å². The van der Waals surface area contributed by atoms with Crippen molar-refractivity contribution in [3.05, 3.63) is 28.8 Å². The lowest BCUT2D eigenvalue weighted by molar-refractivity contribution is -0.0720. The number of morpholine rings is 1. The Kier molecular flexibility index (Phi) is 4.02. The molecule has 0 saturated carbocycles. The van der Waals surface area contributed by atoms with Gasteiger partial charge in [0.2, 0.25) is 0 Å². The molecule has 0 aromatic heterocycles. The number of amides is 2. The second-order valence-electron chi connectivity index (χ2n) is 5.39. The first-order valence-corrected chi connectivity index (χ1v) is 6.72. The summed E-state index contributed by atoms with van der Waals surface area (Å²) < 4.78 is 5.60. The zero-order valence-corrected chi connectivity index (χ0v) is 12.3. The second kappa shape index (κ2) is 5.39. The minimum atomic E-state index is -0.300. The number of nitrogens with zero attached hydrogens (tertiary/aromatic N) is 1. The van der Waals surface area contributed by atoms with Crippen molar-refractivity contribution in [3.63, 3.8) is 0 Å². The lowest BCUT2D eigenvalue weighted by Gasteiger charge is -2.38. The minimum Gasteiger partial charge on any atom is -0.372 e. The molecule has 1 saturated heterocycles. The molecule has 0 radical (unpaired) electrons. The van der Waals surface area contributed by atoms with Gasteiger partial charge in [-0.1, -0.05) is 23.7 Å². The molecule has 1 fully saturated rings. The number of anilines is 1. The molecule has 0 atom stereocenters. The Labute approximate surface area is 118 Å². The molecule has 19 heavy (non-hydrogen) atoms. The topological polar surface area (TPSA) is 41.6 Å². The quantitative estimate of drug-likeness (QED) is 0.859. The third-order valence-corrected chi connectivity index (χ3v) is 3.48. The van der Waals surface area contributed by atoms with E-state index >= 15 is 0 Å². The van der Waals surface area contributed by atoms with Crippen LogP contribution in [-0.2, 0) is 4.74 Å². The fraction of sp³-hybridized carbons (Fsp3) is 0.500. The molecule has 1 aliphatic heterocycles. The number of hydrogen-bond donors (Lipinski definition) is 1. The number of ether oxygens (including phenoxy) is 1. The molecule has 2 rings (SSSR count). The third kappa shape index (κ3) is 3.39. The molecule has 0 spiro atoms. The molecule has 1 N–H and O–H groups in total. The fourth-order valence-corrected chi connectivity index (χ4v) is 2.44. The van der Waals surface area contributed by atoms with Crippen molar-refractivity contribution in [2.24, 2.45) is 0 Å². The van der Waals surface area contributed by atoms with Crippen molar-refractivity contribution < 1.29 is 9.53 Å². The van der Waals surface area contributed by atoms with Crippen LogP contribution >= 0.6 is 11.6 Å². The zero-order valence-electron chi connectivity index (χ0n) is 11.5. The van der Waals surface area contributed by atoms with E-state index in [1.165, 1.54) is 0 Å². The Morgan fingerprint density at radius 1 is 1.47 bits per heavy atom. The van der Waals surface area contributed by atoms with Gasteiger partial charge in [-0.15, -0.1) is 0 Å². The van der Waals surface area contributed by atoms with E-state index in [-0.39, 0.29) is 11.6 Å². The van der Waals surface area contributed by atoms with Crippen molar-refractivity contribution in [2.75, 3.05) is 25.0 Å². The van der Waals surface area contributed by atoms with E-state index in [4.69, 9.17) is 16.3 Å². The molecule has 0 aliphatic carbocycles. The Bertz CT molecular complexity index is 468. The van der Waals surface area contributed by atoms with Crippen molar-refractivity contribution >= 4 is 23.3 Å². The van der Waals surface area contributed by atoms with E-state index in [2.05, 4.69) is 5.32 Å². The van der Waals surface area contributed by atoms with Crippen LogP contribution in [0.25, 0.3) is 0 Å². The molecule has 0 bridgehead atoms. The van der Waals surface area contributed by atoms with Gasteiger partial charge in [0.15, 0.2) is 0 Å². The van der Waals surface area contributed by atoms with Crippen LogP contribution in [0.3, 0.4) is 0 Å². The summed E-state index contributed by atoms with van der Waals surface area (Å²) in [6, 6.07) is 5.43. The van der Waals surface area contributed by atoms with Crippen LogP contribution in [0.2, 0.25) is 5.02 Å². The molecule has 104 valence electrons. The number of rotatable bonds is 1. The predicted octanol–water partition coefficient (Wildman–Crippen LogP) is 3.29. The van der Waals surface area contributed by atoms with Crippen molar-refractivity contribution in [2.45, 2.75) is 26.4 Å². The number of carbonyl (C=O) groups is 1.